The lowest BCUT2D eigenvalue weighted by atomic mass is 10.00. The van der Waals surface area contributed by atoms with Gasteiger partial charge in [0, 0.05) is 36.7 Å². The molecule has 4 rings (SSSR count). The lowest BCUT2D eigenvalue weighted by molar-refractivity contribution is -0.133. The number of Topliss-reactive ketones (excluding diaryl/α,β-unsaturated/α-hetero) is 1. The van der Waals surface area contributed by atoms with Crippen LogP contribution >= 0.6 is 0 Å². The van der Waals surface area contributed by atoms with E-state index < -0.39 is 0 Å². The Morgan fingerprint density at radius 2 is 2.08 bits per heavy atom. The van der Waals surface area contributed by atoms with Crippen LogP contribution in [0.1, 0.15) is 59.2 Å². The molecule has 0 saturated heterocycles. The number of carbonyl (C=O) groups excluding carboxylic acids is 2. The van der Waals surface area contributed by atoms with Gasteiger partial charge in [-0.1, -0.05) is 38.1 Å². The van der Waals surface area contributed by atoms with Crippen LogP contribution in [0, 0.1) is 5.92 Å². The molecule has 0 N–H and O–H groups in total. The molecule has 0 fully saturated rings. The molecule has 1 aliphatic heterocycles. The molecule has 25 heavy (non-hydrogen) atoms. The van der Waals surface area contributed by atoms with Gasteiger partial charge < -0.3 is 4.90 Å². The van der Waals surface area contributed by atoms with E-state index in [-0.39, 0.29) is 24.0 Å². The monoisotopic (exact) mass is 335 g/mol. The van der Waals surface area contributed by atoms with Crippen molar-refractivity contribution in [1.82, 2.24) is 14.9 Å². The van der Waals surface area contributed by atoms with Gasteiger partial charge in [-0.05, 0) is 11.5 Å². The Balaban J connectivity index is 1.54. The summed E-state index contributed by atoms with van der Waals surface area (Å²) in [6.45, 7) is 5.32. The van der Waals surface area contributed by atoms with Crippen molar-refractivity contribution < 1.29 is 9.59 Å². The van der Waals surface area contributed by atoms with Crippen LogP contribution in [0.5, 0.6) is 0 Å². The van der Waals surface area contributed by atoms with Gasteiger partial charge in [-0.2, -0.15) is 0 Å². The van der Waals surface area contributed by atoms with Crippen molar-refractivity contribution in [1.29, 1.82) is 0 Å². The first-order valence-corrected chi connectivity index (χ1v) is 8.77. The lowest BCUT2D eigenvalue weighted by Crippen LogP contribution is -2.30. The van der Waals surface area contributed by atoms with Crippen LogP contribution in [0.2, 0.25) is 0 Å². The molecular weight excluding hydrogens is 314 g/mol. The van der Waals surface area contributed by atoms with E-state index in [1.54, 1.807) is 4.90 Å². The highest BCUT2D eigenvalue weighted by molar-refractivity contribution is 6.06. The number of nitrogens with zero attached hydrogens (tertiary/aromatic N) is 3. The van der Waals surface area contributed by atoms with Crippen LogP contribution in [-0.4, -0.2) is 26.6 Å². The second-order valence-electron chi connectivity index (χ2n) is 7.32. The highest BCUT2D eigenvalue weighted by Gasteiger charge is 2.38. The van der Waals surface area contributed by atoms with Crippen LogP contribution in [0.4, 0.5) is 0 Å². The van der Waals surface area contributed by atoms with Crippen molar-refractivity contribution in [3.05, 3.63) is 58.7 Å². The van der Waals surface area contributed by atoms with E-state index in [2.05, 4.69) is 23.8 Å². The smallest absolute Gasteiger partial charge is 0.231 e. The molecule has 5 nitrogen and oxygen atoms in total. The fraction of sp³-hybridized carbons (Fsp3) is 0.400. The molecule has 1 amide bonds. The van der Waals surface area contributed by atoms with Crippen molar-refractivity contribution in [3.63, 3.8) is 0 Å². The first-order valence-electron chi connectivity index (χ1n) is 8.77. The number of benzene rings is 1. The van der Waals surface area contributed by atoms with E-state index in [9.17, 15) is 9.59 Å². The lowest BCUT2D eigenvalue weighted by Gasteiger charge is -2.19. The Bertz CT molecular complexity index is 860. The number of ketones is 1. The average Bonchev–Trinajstić information content (AvgIpc) is 3.15. The van der Waals surface area contributed by atoms with Crippen LogP contribution in [0.25, 0.3) is 0 Å². The number of carbonyl (C=O) groups is 2. The minimum atomic E-state index is -0.360. The summed E-state index contributed by atoms with van der Waals surface area (Å²) < 4.78 is 0. The molecule has 0 radical (unpaired) electrons. The predicted octanol–water partition coefficient (Wildman–Crippen LogP) is 2.89. The SMILES string of the molecule is CC(C)Cc1ncc2c(n1)CN(C(=O)C1CC(=O)c3ccccc31)C2. The van der Waals surface area contributed by atoms with Crippen LogP contribution in [-0.2, 0) is 24.3 Å². The molecular formula is C20H21N3O2. The summed E-state index contributed by atoms with van der Waals surface area (Å²) in [6.07, 6.45) is 2.96. The summed E-state index contributed by atoms with van der Waals surface area (Å²) in [4.78, 5) is 36.1. The van der Waals surface area contributed by atoms with Crippen LogP contribution in [0.3, 0.4) is 0 Å². The molecule has 0 spiro atoms. The minimum absolute atomic E-state index is 0.0155. The quantitative estimate of drug-likeness (QED) is 0.865. The van der Waals surface area contributed by atoms with Gasteiger partial charge in [-0.25, -0.2) is 9.97 Å². The Kier molecular flexibility index (Phi) is 3.86. The molecule has 0 bridgehead atoms. The minimum Gasteiger partial charge on any atom is -0.332 e. The first-order chi connectivity index (χ1) is 12.0. The summed E-state index contributed by atoms with van der Waals surface area (Å²) in [5, 5.41) is 0. The van der Waals surface area contributed by atoms with Crippen molar-refractivity contribution in [2.45, 2.75) is 45.7 Å². The molecule has 2 aliphatic rings. The summed E-state index contributed by atoms with van der Waals surface area (Å²) in [6, 6.07) is 7.45. The van der Waals surface area contributed by atoms with E-state index in [1.165, 1.54) is 0 Å². The highest BCUT2D eigenvalue weighted by Crippen LogP contribution is 2.36. The molecule has 2 aromatic rings. The molecule has 1 aromatic carbocycles. The molecule has 1 atom stereocenters. The van der Waals surface area contributed by atoms with Crippen molar-refractivity contribution >= 4 is 11.7 Å². The Hall–Kier alpha value is -2.56. The number of amides is 1. The number of hydrogen-bond donors (Lipinski definition) is 0. The van der Waals surface area contributed by atoms with E-state index >= 15 is 0 Å². The van der Waals surface area contributed by atoms with Gasteiger partial charge >= 0.3 is 0 Å². The number of rotatable bonds is 3. The standard InChI is InChI=1S/C20H21N3O2/c1-12(2)7-19-21-9-13-10-23(11-17(13)22-19)20(25)16-8-18(24)15-6-4-3-5-14(15)16/h3-6,9,12,16H,7-8,10-11H2,1-2H3. The zero-order chi connectivity index (χ0) is 17.6. The molecule has 128 valence electrons. The highest BCUT2D eigenvalue weighted by atomic mass is 16.2. The molecule has 1 unspecified atom stereocenters. The predicted molar refractivity (Wildman–Crippen MR) is 93.0 cm³/mol. The third kappa shape index (κ3) is 2.84. The van der Waals surface area contributed by atoms with Gasteiger partial charge in [0.2, 0.25) is 5.91 Å². The second-order valence-corrected chi connectivity index (χ2v) is 7.32. The zero-order valence-corrected chi connectivity index (χ0v) is 14.5. The van der Waals surface area contributed by atoms with Crippen molar-refractivity contribution in [2.75, 3.05) is 0 Å². The number of fused-ring (bicyclic) bond motifs is 2. The third-order valence-electron chi connectivity index (χ3n) is 4.93. The van der Waals surface area contributed by atoms with E-state index in [4.69, 9.17) is 0 Å². The van der Waals surface area contributed by atoms with E-state index in [1.807, 2.05) is 30.5 Å². The maximum absolute atomic E-state index is 13.0. The third-order valence-corrected chi connectivity index (χ3v) is 4.93. The van der Waals surface area contributed by atoms with Crippen LogP contribution < -0.4 is 0 Å². The number of hydrogen-bond acceptors (Lipinski definition) is 4. The summed E-state index contributed by atoms with van der Waals surface area (Å²) in [7, 11) is 0. The number of aromatic nitrogens is 2. The van der Waals surface area contributed by atoms with E-state index in [0.717, 1.165) is 29.1 Å². The summed E-state index contributed by atoms with van der Waals surface area (Å²) >= 11 is 0. The largest absolute Gasteiger partial charge is 0.332 e. The first kappa shape index (κ1) is 15.9. The van der Waals surface area contributed by atoms with E-state index in [0.29, 0.717) is 24.6 Å². The van der Waals surface area contributed by atoms with Crippen molar-refractivity contribution in [3.8, 4) is 0 Å². The molecule has 5 heteroatoms. The fourth-order valence-electron chi connectivity index (χ4n) is 3.71. The Morgan fingerprint density at radius 1 is 1.28 bits per heavy atom. The van der Waals surface area contributed by atoms with Gasteiger partial charge in [0.1, 0.15) is 5.82 Å². The molecule has 1 aliphatic carbocycles. The molecule has 1 aromatic heterocycles. The van der Waals surface area contributed by atoms with Crippen LogP contribution in [0.15, 0.2) is 30.5 Å². The summed E-state index contributed by atoms with van der Waals surface area (Å²) in [5.41, 5.74) is 3.51. The van der Waals surface area contributed by atoms with Crippen molar-refractivity contribution in [2.24, 2.45) is 5.92 Å². The second kappa shape index (κ2) is 6.06. The normalized spacial score (nSPS) is 18.6. The zero-order valence-electron chi connectivity index (χ0n) is 14.5. The topological polar surface area (TPSA) is 63.2 Å². The Morgan fingerprint density at radius 3 is 2.88 bits per heavy atom. The fourth-order valence-corrected chi connectivity index (χ4v) is 3.71. The molecule has 2 heterocycles. The maximum atomic E-state index is 13.0. The van der Waals surface area contributed by atoms with Gasteiger partial charge in [0.25, 0.3) is 0 Å². The maximum Gasteiger partial charge on any atom is 0.231 e. The molecule has 0 saturated carbocycles. The average molecular weight is 335 g/mol. The van der Waals surface area contributed by atoms with Gasteiger partial charge in [-0.15, -0.1) is 0 Å². The van der Waals surface area contributed by atoms with Gasteiger partial charge in [0.15, 0.2) is 5.78 Å². The Labute approximate surface area is 147 Å². The summed E-state index contributed by atoms with van der Waals surface area (Å²) in [5.74, 6) is 1.05. The van der Waals surface area contributed by atoms with Gasteiger partial charge in [0.05, 0.1) is 18.2 Å². The van der Waals surface area contributed by atoms with Gasteiger partial charge in [-0.3, -0.25) is 9.59 Å².